The Morgan fingerprint density at radius 2 is 1.59 bits per heavy atom. The molecule has 0 fully saturated rings. The average molecular weight is 472 g/mol. The average Bonchev–Trinajstić information content (AvgIpc) is 2.79. The largest absolute Gasteiger partial charge is 0.419 e. The Balaban J connectivity index is 1.77. The van der Waals surface area contributed by atoms with Gasteiger partial charge in [-0.25, -0.2) is 9.97 Å². The standard InChI is InChI=1S/C26H28F3N3O2/c27-26(28,29)22-17-31-25(15-19-10-8-18(9-11-19)5-3-4-14-33)32-23(22)13-12-20-6-1-2-7-21(20)16-24(30)34/h1-2,6-11,17,33H,3-5,12-16H2,(H2,30,34). The maximum absolute atomic E-state index is 13.6. The lowest BCUT2D eigenvalue weighted by Gasteiger charge is -2.14. The molecule has 0 aliphatic heterocycles. The number of primary amides is 1. The summed E-state index contributed by atoms with van der Waals surface area (Å²) < 4.78 is 40.8. The van der Waals surface area contributed by atoms with Crippen molar-refractivity contribution < 1.29 is 23.1 Å². The number of amides is 1. The predicted octanol–water partition coefficient (Wildman–Crippen LogP) is 4.21. The summed E-state index contributed by atoms with van der Waals surface area (Å²) in [6, 6.07) is 14.9. The highest BCUT2D eigenvalue weighted by molar-refractivity contribution is 5.77. The molecule has 1 amide bonds. The van der Waals surface area contributed by atoms with Crippen molar-refractivity contribution in [1.82, 2.24) is 9.97 Å². The molecule has 180 valence electrons. The molecule has 1 aromatic heterocycles. The van der Waals surface area contributed by atoms with E-state index in [1.165, 1.54) is 0 Å². The van der Waals surface area contributed by atoms with Crippen LogP contribution in [0, 0.1) is 0 Å². The Labute approximate surface area is 196 Å². The first-order valence-corrected chi connectivity index (χ1v) is 11.2. The molecule has 0 saturated carbocycles. The lowest BCUT2D eigenvalue weighted by molar-refractivity contribution is -0.138. The number of unbranched alkanes of at least 4 members (excludes halogenated alkanes) is 1. The third-order valence-corrected chi connectivity index (χ3v) is 5.60. The summed E-state index contributed by atoms with van der Waals surface area (Å²) in [4.78, 5) is 19.6. The molecule has 3 N–H and O–H groups in total. The highest BCUT2D eigenvalue weighted by Gasteiger charge is 2.34. The maximum Gasteiger partial charge on any atom is 0.419 e. The number of aliphatic hydroxyl groups is 1. The maximum atomic E-state index is 13.6. The summed E-state index contributed by atoms with van der Waals surface area (Å²) in [6.07, 6.45) is -0.490. The van der Waals surface area contributed by atoms with E-state index in [0.29, 0.717) is 24.2 Å². The Morgan fingerprint density at radius 1 is 0.912 bits per heavy atom. The van der Waals surface area contributed by atoms with Crippen LogP contribution in [0.25, 0.3) is 0 Å². The van der Waals surface area contributed by atoms with Crippen LogP contribution in [0.2, 0.25) is 0 Å². The molecule has 0 saturated heterocycles. The molecular weight excluding hydrogens is 443 g/mol. The number of carbonyl (C=O) groups is 1. The monoisotopic (exact) mass is 471 g/mol. The fourth-order valence-corrected chi connectivity index (χ4v) is 3.83. The van der Waals surface area contributed by atoms with Gasteiger partial charge in [0.1, 0.15) is 5.82 Å². The zero-order valence-corrected chi connectivity index (χ0v) is 18.8. The number of nitrogens with zero attached hydrogens (tertiary/aromatic N) is 2. The fraction of sp³-hybridized carbons (Fsp3) is 0.346. The zero-order valence-electron chi connectivity index (χ0n) is 18.8. The van der Waals surface area contributed by atoms with E-state index >= 15 is 0 Å². The minimum absolute atomic E-state index is 0.0350. The van der Waals surface area contributed by atoms with Gasteiger partial charge in [-0.1, -0.05) is 48.5 Å². The molecule has 2 aromatic carbocycles. The van der Waals surface area contributed by atoms with Crippen molar-refractivity contribution >= 4 is 5.91 Å². The van der Waals surface area contributed by atoms with E-state index in [2.05, 4.69) is 9.97 Å². The van der Waals surface area contributed by atoms with Gasteiger partial charge in [0.15, 0.2) is 0 Å². The molecule has 0 bridgehead atoms. The summed E-state index contributed by atoms with van der Waals surface area (Å²) in [5.74, 6) is -0.173. The number of alkyl halides is 3. The van der Waals surface area contributed by atoms with Crippen molar-refractivity contribution in [3.8, 4) is 0 Å². The quantitative estimate of drug-likeness (QED) is 0.410. The fourth-order valence-electron chi connectivity index (χ4n) is 3.83. The molecule has 3 aromatic rings. The smallest absolute Gasteiger partial charge is 0.396 e. The molecular formula is C26H28F3N3O2. The summed E-state index contributed by atoms with van der Waals surface area (Å²) in [7, 11) is 0. The summed E-state index contributed by atoms with van der Waals surface area (Å²) in [5, 5.41) is 8.89. The number of aromatic nitrogens is 2. The van der Waals surface area contributed by atoms with Gasteiger partial charge in [-0.05, 0) is 54.4 Å². The van der Waals surface area contributed by atoms with E-state index < -0.39 is 17.6 Å². The van der Waals surface area contributed by atoms with Crippen LogP contribution < -0.4 is 5.73 Å². The molecule has 1 heterocycles. The third kappa shape index (κ3) is 7.38. The zero-order chi connectivity index (χ0) is 24.6. The van der Waals surface area contributed by atoms with E-state index in [4.69, 9.17) is 10.8 Å². The molecule has 0 aliphatic carbocycles. The SMILES string of the molecule is NC(=O)Cc1ccccc1CCc1nc(Cc2ccc(CCCCO)cc2)ncc1C(F)(F)F. The highest BCUT2D eigenvalue weighted by Crippen LogP contribution is 2.31. The van der Waals surface area contributed by atoms with Crippen LogP contribution in [0.1, 0.15) is 52.2 Å². The van der Waals surface area contributed by atoms with Crippen molar-refractivity contribution in [2.24, 2.45) is 5.73 Å². The van der Waals surface area contributed by atoms with Crippen molar-refractivity contribution in [1.29, 1.82) is 0 Å². The number of hydrogen-bond acceptors (Lipinski definition) is 4. The topological polar surface area (TPSA) is 89.1 Å². The van der Waals surface area contributed by atoms with Crippen LogP contribution >= 0.6 is 0 Å². The van der Waals surface area contributed by atoms with E-state index in [1.54, 1.807) is 24.3 Å². The molecule has 5 nitrogen and oxygen atoms in total. The van der Waals surface area contributed by atoms with Crippen LogP contribution in [0.5, 0.6) is 0 Å². The molecule has 0 radical (unpaired) electrons. The van der Waals surface area contributed by atoms with E-state index in [1.807, 2.05) is 24.3 Å². The first-order chi connectivity index (χ1) is 16.3. The van der Waals surface area contributed by atoms with Gasteiger partial charge in [0, 0.05) is 19.2 Å². The van der Waals surface area contributed by atoms with Gasteiger partial charge >= 0.3 is 6.18 Å². The Hall–Kier alpha value is -3.26. The Bertz CT molecular complexity index is 1100. The molecule has 3 rings (SSSR count). The number of nitrogens with two attached hydrogens (primary N) is 1. The van der Waals surface area contributed by atoms with Gasteiger partial charge in [0.2, 0.25) is 5.91 Å². The van der Waals surface area contributed by atoms with Gasteiger partial charge < -0.3 is 10.8 Å². The second-order valence-corrected chi connectivity index (χ2v) is 8.23. The number of carbonyl (C=O) groups excluding carboxylic acids is 1. The summed E-state index contributed by atoms with van der Waals surface area (Å²) in [6.45, 7) is 0.169. The number of aryl methyl sites for hydroxylation is 3. The first kappa shape index (κ1) is 25.4. The van der Waals surface area contributed by atoms with Crippen LogP contribution in [-0.2, 0) is 43.1 Å². The van der Waals surface area contributed by atoms with Crippen LogP contribution in [0.4, 0.5) is 13.2 Å². The second-order valence-electron chi connectivity index (χ2n) is 8.23. The minimum atomic E-state index is -4.56. The van der Waals surface area contributed by atoms with E-state index in [0.717, 1.165) is 42.1 Å². The van der Waals surface area contributed by atoms with Crippen molar-refractivity contribution in [3.05, 3.63) is 94.1 Å². The van der Waals surface area contributed by atoms with Crippen LogP contribution in [0.15, 0.2) is 54.7 Å². The van der Waals surface area contributed by atoms with Gasteiger partial charge in [-0.3, -0.25) is 4.79 Å². The normalized spacial score (nSPS) is 11.5. The van der Waals surface area contributed by atoms with Gasteiger partial charge in [0.05, 0.1) is 17.7 Å². The second kappa shape index (κ2) is 11.7. The van der Waals surface area contributed by atoms with E-state index in [-0.39, 0.29) is 25.1 Å². The molecule has 0 spiro atoms. The Kier molecular flexibility index (Phi) is 8.76. The van der Waals surface area contributed by atoms with Gasteiger partial charge in [-0.2, -0.15) is 13.2 Å². The van der Waals surface area contributed by atoms with Crippen LogP contribution in [-0.4, -0.2) is 27.6 Å². The first-order valence-electron chi connectivity index (χ1n) is 11.2. The van der Waals surface area contributed by atoms with Crippen molar-refractivity contribution in [2.45, 2.75) is 51.1 Å². The molecule has 0 atom stereocenters. The number of aliphatic hydroxyl groups excluding tert-OH is 1. The molecule has 0 unspecified atom stereocenters. The van der Waals surface area contributed by atoms with Crippen LogP contribution in [0.3, 0.4) is 0 Å². The number of hydrogen-bond donors (Lipinski definition) is 2. The van der Waals surface area contributed by atoms with Gasteiger partial charge in [0.25, 0.3) is 0 Å². The lowest BCUT2D eigenvalue weighted by Crippen LogP contribution is -2.16. The number of rotatable bonds is 11. The lowest BCUT2D eigenvalue weighted by atomic mass is 9.98. The Morgan fingerprint density at radius 3 is 2.24 bits per heavy atom. The highest BCUT2D eigenvalue weighted by atomic mass is 19.4. The molecule has 0 aliphatic rings. The summed E-state index contributed by atoms with van der Waals surface area (Å²) in [5.41, 5.74) is 7.91. The van der Waals surface area contributed by atoms with Crippen molar-refractivity contribution in [3.63, 3.8) is 0 Å². The molecule has 34 heavy (non-hydrogen) atoms. The van der Waals surface area contributed by atoms with Crippen molar-refractivity contribution in [2.75, 3.05) is 6.61 Å². The van der Waals surface area contributed by atoms with Gasteiger partial charge in [-0.15, -0.1) is 0 Å². The number of halogens is 3. The van der Waals surface area contributed by atoms with E-state index in [9.17, 15) is 18.0 Å². The predicted molar refractivity (Wildman–Crippen MR) is 123 cm³/mol. The third-order valence-electron chi connectivity index (χ3n) is 5.60. The minimum Gasteiger partial charge on any atom is -0.396 e. The summed E-state index contributed by atoms with van der Waals surface area (Å²) >= 11 is 0. The number of benzene rings is 2. The molecule has 8 heteroatoms.